The molecule has 0 aliphatic carbocycles. The molecule has 0 spiro atoms. The first-order valence-electron chi connectivity index (χ1n) is 20.2. The highest BCUT2D eigenvalue weighted by molar-refractivity contribution is 7.46. The van der Waals surface area contributed by atoms with Crippen LogP contribution in [0, 0.1) is 0 Å². The van der Waals surface area contributed by atoms with Gasteiger partial charge in [0.1, 0.15) is 6.61 Å². The first-order chi connectivity index (χ1) is 26.3. The number of carbonyl (C=O) groups is 2. The fraction of sp³-hybridized carbons (Fsp3) is 0.556. The van der Waals surface area contributed by atoms with Gasteiger partial charge in [-0.25, -0.2) is 4.57 Å². The van der Waals surface area contributed by atoms with Gasteiger partial charge in [-0.15, -0.1) is 0 Å². The van der Waals surface area contributed by atoms with Crippen LogP contribution in [0.3, 0.4) is 0 Å². The molecule has 1 atom stereocenters. The van der Waals surface area contributed by atoms with Gasteiger partial charge in [-0.2, -0.15) is 0 Å². The highest BCUT2D eigenvalue weighted by Crippen LogP contribution is 2.35. The molecule has 0 heterocycles. The van der Waals surface area contributed by atoms with Gasteiger partial charge in [0.2, 0.25) is 0 Å². The minimum absolute atomic E-state index is 0.121. The Morgan fingerprint density at radius 2 is 0.907 bits per heavy atom. The molecule has 0 unspecified atom stereocenters. The Kier molecular flexibility index (Phi) is 37.0. The molecule has 0 aliphatic rings. The van der Waals surface area contributed by atoms with Crippen LogP contribution in [-0.4, -0.2) is 41.0 Å². The summed E-state index contributed by atoms with van der Waals surface area (Å²) in [5, 5.41) is 0. The summed E-state index contributed by atoms with van der Waals surface area (Å²) in [6.07, 6.45) is 55.2. The molecule has 0 aromatic rings. The van der Waals surface area contributed by atoms with Crippen molar-refractivity contribution >= 4 is 19.8 Å². The maximum atomic E-state index is 12.4. The fourth-order valence-corrected chi connectivity index (χ4v) is 5.16. The first kappa shape index (κ1) is 50.7. The molecule has 0 fully saturated rings. The van der Waals surface area contributed by atoms with Crippen molar-refractivity contribution in [3.8, 4) is 0 Å². The number of unbranched alkanes of at least 4 members (excludes halogenated alkanes) is 7. The number of phosphoric ester groups is 1. The maximum absolute atomic E-state index is 12.4. The summed E-state index contributed by atoms with van der Waals surface area (Å²) < 4.78 is 26.3. The molecule has 54 heavy (non-hydrogen) atoms. The average molecular weight is 771 g/mol. The van der Waals surface area contributed by atoms with Gasteiger partial charge in [-0.1, -0.05) is 142 Å². The molecule has 0 aromatic carbocycles. The second-order valence-electron chi connectivity index (χ2n) is 12.9. The molecule has 2 N–H and O–H groups in total. The van der Waals surface area contributed by atoms with Crippen LogP contribution >= 0.6 is 7.82 Å². The van der Waals surface area contributed by atoms with Crippen molar-refractivity contribution in [3.05, 3.63) is 109 Å². The zero-order valence-electron chi connectivity index (χ0n) is 33.3. The number of phosphoric acid groups is 1. The molecule has 0 saturated heterocycles. The van der Waals surface area contributed by atoms with E-state index in [0.29, 0.717) is 19.3 Å². The van der Waals surface area contributed by atoms with Crippen molar-refractivity contribution in [1.82, 2.24) is 0 Å². The van der Waals surface area contributed by atoms with Crippen LogP contribution in [0.2, 0.25) is 0 Å². The van der Waals surface area contributed by atoms with Crippen molar-refractivity contribution in [2.75, 3.05) is 13.2 Å². The van der Waals surface area contributed by atoms with Crippen molar-refractivity contribution < 1.29 is 37.9 Å². The van der Waals surface area contributed by atoms with Crippen molar-refractivity contribution in [2.45, 2.75) is 148 Å². The van der Waals surface area contributed by atoms with Crippen LogP contribution in [-0.2, 0) is 28.2 Å². The fourth-order valence-electron chi connectivity index (χ4n) is 4.80. The molecule has 0 aliphatic heterocycles. The molecule has 0 saturated carbocycles. The number of allylic oxidation sites excluding steroid dienone is 18. The van der Waals surface area contributed by atoms with Gasteiger partial charge in [0.25, 0.3) is 0 Å². The minimum atomic E-state index is -4.78. The Morgan fingerprint density at radius 1 is 0.500 bits per heavy atom. The van der Waals surface area contributed by atoms with E-state index in [-0.39, 0.29) is 19.4 Å². The van der Waals surface area contributed by atoms with Gasteiger partial charge >= 0.3 is 19.8 Å². The smallest absolute Gasteiger partial charge is 0.462 e. The lowest BCUT2D eigenvalue weighted by Crippen LogP contribution is -2.29. The standard InChI is InChI=1S/C45H71O8P/c1-3-5-7-9-11-13-15-17-19-21-22-24-25-27-29-31-33-35-37-39-44(46)51-41-43(42-52-54(48,49)50)53-45(47)40-38-36-34-32-30-28-26-23-20-18-16-14-12-10-8-6-4-2/h5,7,11-14,17-20,22,24,26-29,32,34,43H,3-4,6,8-10,15-16,21,23,25,30-31,33,35-42H2,1-2H3,(H2,48,49,50)/b7-5-,13-11-,14-12-,19-17-,20-18-,24-22-,28-26-,29-27-,34-32-/t43-/m1/s1. The van der Waals surface area contributed by atoms with Crippen LogP contribution in [0.4, 0.5) is 0 Å². The number of esters is 2. The van der Waals surface area contributed by atoms with E-state index in [0.717, 1.165) is 77.0 Å². The van der Waals surface area contributed by atoms with E-state index in [1.54, 1.807) is 0 Å². The van der Waals surface area contributed by atoms with E-state index in [1.807, 2.05) is 12.2 Å². The van der Waals surface area contributed by atoms with E-state index in [9.17, 15) is 14.2 Å². The van der Waals surface area contributed by atoms with Gasteiger partial charge in [0.15, 0.2) is 6.10 Å². The van der Waals surface area contributed by atoms with Crippen molar-refractivity contribution in [3.63, 3.8) is 0 Å². The van der Waals surface area contributed by atoms with E-state index in [2.05, 4.69) is 116 Å². The third-order valence-electron chi connectivity index (χ3n) is 7.78. The second-order valence-corrected chi connectivity index (χ2v) is 14.1. The van der Waals surface area contributed by atoms with Gasteiger partial charge in [-0.05, 0) is 96.3 Å². The van der Waals surface area contributed by atoms with Gasteiger partial charge in [0.05, 0.1) is 6.61 Å². The zero-order chi connectivity index (χ0) is 39.6. The molecule has 9 heteroatoms. The number of rotatable bonds is 35. The highest BCUT2D eigenvalue weighted by atomic mass is 31.2. The molecule has 0 rings (SSSR count). The Balaban J connectivity index is 4.14. The lowest BCUT2D eigenvalue weighted by molar-refractivity contribution is -0.161. The van der Waals surface area contributed by atoms with E-state index in [1.165, 1.54) is 19.3 Å². The third kappa shape index (κ3) is 41.5. The summed E-state index contributed by atoms with van der Waals surface area (Å²) in [6, 6.07) is 0. The Labute approximate surface area is 327 Å². The first-order valence-corrected chi connectivity index (χ1v) is 21.7. The normalized spacial score (nSPS) is 13.6. The molecular weight excluding hydrogens is 699 g/mol. The Morgan fingerprint density at radius 3 is 1.35 bits per heavy atom. The minimum Gasteiger partial charge on any atom is -0.462 e. The lowest BCUT2D eigenvalue weighted by Gasteiger charge is -2.18. The predicted octanol–water partition coefficient (Wildman–Crippen LogP) is 12.4. The topological polar surface area (TPSA) is 119 Å². The number of ether oxygens (including phenoxy) is 2. The Bertz CT molecular complexity index is 1230. The zero-order valence-corrected chi connectivity index (χ0v) is 34.2. The van der Waals surface area contributed by atoms with Gasteiger partial charge in [0, 0.05) is 12.8 Å². The summed E-state index contributed by atoms with van der Waals surface area (Å²) in [5.41, 5.74) is 0. The largest absolute Gasteiger partial charge is 0.469 e. The quantitative estimate of drug-likeness (QED) is 0.0283. The summed E-state index contributed by atoms with van der Waals surface area (Å²) in [4.78, 5) is 42.8. The predicted molar refractivity (Wildman–Crippen MR) is 225 cm³/mol. The molecule has 0 radical (unpaired) electrons. The number of hydrogen-bond donors (Lipinski definition) is 2. The monoisotopic (exact) mass is 770 g/mol. The summed E-state index contributed by atoms with van der Waals surface area (Å²) in [7, 11) is -4.78. The van der Waals surface area contributed by atoms with Crippen LogP contribution < -0.4 is 0 Å². The number of carbonyl (C=O) groups excluding carboxylic acids is 2. The van der Waals surface area contributed by atoms with E-state index in [4.69, 9.17) is 19.3 Å². The molecule has 0 bridgehead atoms. The van der Waals surface area contributed by atoms with E-state index >= 15 is 0 Å². The van der Waals surface area contributed by atoms with Crippen LogP contribution in [0.1, 0.15) is 142 Å². The molecular formula is C45H71O8P. The molecule has 0 aromatic heterocycles. The van der Waals surface area contributed by atoms with Crippen LogP contribution in [0.15, 0.2) is 109 Å². The van der Waals surface area contributed by atoms with Crippen molar-refractivity contribution in [1.29, 1.82) is 0 Å². The third-order valence-corrected chi connectivity index (χ3v) is 8.26. The SMILES string of the molecule is CC/C=C\C/C=C\C/C=C\C/C=C\C/C=C\CCCCCC(=O)OC[C@H](COP(=O)(O)O)OC(=O)CCC/C=C\C/C=C\C/C=C\C/C=C\CCCCC. The summed E-state index contributed by atoms with van der Waals surface area (Å²) >= 11 is 0. The van der Waals surface area contributed by atoms with Crippen LogP contribution in [0.5, 0.6) is 0 Å². The van der Waals surface area contributed by atoms with E-state index < -0.39 is 32.5 Å². The highest BCUT2D eigenvalue weighted by Gasteiger charge is 2.22. The number of hydrogen-bond acceptors (Lipinski definition) is 6. The molecule has 0 amide bonds. The average Bonchev–Trinajstić information content (AvgIpc) is 3.14. The Hall–Kier alpha value is -3.29. The van der Waals surface area contributed by atoms with Crippen molar-refractivity contribution in [2.24, 2.45) is 0 Å². The lowest BCUT2D eigenvalue weighted by atomic mass is 10.1. The maximum Gasteiger partial charge on any atom is 0.469 e. The van der Waals surface area contributed by atoms with Gasteiger partial charge < -0.3 is 19.3 Å². The van der Waals surface area contributed by atoms with Crippen LogP contribution in [0.25, 0.3) is 0 Å². The summed E-state index contributed by atoms with van der Waals surface area (Å²) in [6.45, 7) is 3.45. The van der Waals surface area contributed by atoms with Gasteiger partial charge in [-0.3, -0.25) is 14.1 Å². The summed E-state index contributed by atoms with van der Waals surface area (Å²) in [5.74, 6) is -1.00. The molecule has 304 valence electrons. The second kappa shape index (κ2) is 39.4. The molecule has 8 nitrogen and oxygen atoms in total.